The van der Waals surface area contributed by atoms with E-state index in [0.717, 1.165) is 11.0 Å². The quantitative estimate of drug-likeness (QED) is 0.772. The molecule has 0 saturated heterocycles. The molecule has 5 heteroatoms. The number of aromatic nitrogens is 2. The fourth-order valence-electron chi connectivity index (χ4n) is 1.23. The number of para-hydroxylation sites is 2. The van der Waals surface area contributed by atoms with E-state index in [-0.39, 0.29) is 38.1 Å². The Labute approximate surface area is 113 Å². The van der Waals surface area contributed by atoms with Gasteiger partial charge in [-0.15, -0.1) is 0 Å². The fraction of sp³-hybridized carbons (Fsp3) is 0.250. The summed E-state index contributed by atoms with van der Waals surface area (Å²) in [4.78, 5) is 27.1. The second-order valence-electron chi connectivity index (χ2n) is 3.50. The molecule has 2 rings (SSSR count). The van der Waals surface area contributed by atoms with Gasteiger partial charge in [0.25, 0.3) is 0 Å². The summed E-state index contributed by atoms with van der Waals surface area (Å²) >= 11 is 0. The van der Waals surface area contributed by atoms with Crippen LogP contribution in [-0.4, -0.2) is 21.5 Å². The average Bonchev–Trinajstić information content (AvgIpc) is 2.63. The average molecular weight is 410 g/mol. The molecule has 0 aliphatic heterocycles. The fourth-order valence-corrected chi connectivity index (χ4v) is 1.23. The molecule has 0 unspecified atom stereocenters. The summed E-state index contributed by atoms with van der Waals surface area (Å²) in [6.07, 6.45) is 1.78. The van der Waals surface area contributed by atoms with Crippen LogP contribution in [0.3, 0.4) is 0 Å². The van der Waals surface area contributed by atoms with Gasteiger partial charge in [0, 0.05) is 20.1 Å². The van der Waals surface area contributed by atoms with Crippen LogP contribution in [0.1, 0.15) is 20.3 Å². The van der Waals surface area contributed by atoms with E-state index in [2.05, 4.69) is 9.97 Å². The summed E-state index contributed by atoms with van der Waals surface area (Å²) in [5, 5.41) is 0. The molecule has 1 aromatic heterocycles. The van der Waals surface area contributed by atoms with Crippen LogP contribution in [0.15, 0.2) is 30.6 Å². The smallest absolute Gasteiger partial charge is 0.137 e. The third kappa shape index (κ3) is 6.09. The summed E-state index contributed by atoms with van der Waals surface area (Å²) < 4.78 is 0. The summed E-state index contributed by atoms with van der Waals surface area (Å²) in [5.74, 6) is -0.125. The van der Waals surface area contributed by atoms with E-state index in [1.165, 1.54) is 13.8 Å². The van der Waals surface area contributed by atoms with Crippen LogP contribution < -0.4 is 0 Å². The van der Waals surface area contributed by atoms with Gasteiger partial charge in [0.05, 0.1) is 23.8 Å². The van der Waals surface area contributed by atoms with Gasteiger partial charge < -0.3 is 4.98 Å². The second kappa shape index (κ2) is 7.87. The third-order valence-electron chi connectivity index (χ3n) is 1.83. The molecule has 2 aromatic rings. The number of rotatable bonds is 2. The van der Waals surface area contributed by atoms with E-state index in [4.69, 9.17) is 0 Å². The number of benzene rings is 1. The number of ketones is 2. The molecule has 93 valence electrons. The van der Waals surface area contributed by atoms with Crippen LogP contribution in [0.4, 0.5) is 0 Å². The zero-order chi connectivity index (χ0) is 12.0. The molecule has 0 aliphatic rings. The van der Waals surface area contributed by atoms with E-state index >= 15 is 0 Å². The molecule has 1 radical (unpaired) electrons. The summed E-state index contributed by atoms with van der Waals surface area (Å²) in [7, 11) is 0. The number of nitrogens with one attached hydrogen (secondary N) is 1. The molecule has 0 amide bonds. The predicted molar refractivity (Wildman–Crippen MR) is 62.1 cm³/mol. The number of Topliss-reactive ketones (excluding diaryl/α,β-unsaturated/α-hetero) is 2. The van der Waals surface area contributed by atoms with Crippen LogP contribution in [0.5, 0.6) is 0 Å². The van der Waals surface area contributed by atoms with Crippen molar-refractivity contribution in [3.05, 3.63) is 30.6 Å². The normalized spacial score (nSPS) is 8.82. The van der Waals surface area contributed by atoms with Crippen molar-refractivity contribution < 1.29 is 29.7 Å². The Kier molecular flexibility index (Phi) is 7.26. The van der Waals surface area contributed by atoms with Gasteiger partial charge in [-0.25, -0.2) is 4.98 Å². The van der Waals surface area contributed by atoms with Crippen molar-refractivity contribution in [1.82, 2.24) is 9.97 Å². The Morgan fingerprint density at radius 1 is 1.18 bits per heavy atom. The van der Waals surface area contributed by atoms with Crippen LogP contribution in [0.2, 0.25) is 0 Å². The van der Waals surface area contributed by atoms with Gasteiger partial charge in [0.2, 0.25) is 0 Å². The minimum atomic E-state index is -0.0625. The predicted octanol–water partition coefficient (Wildman–Crippen LogP) is 2.11. The molecule has 0 bridgehead atoms. The first-order chi connectivity index (χ1) is 7.59. The molecule has 1 heterocycles. The Bertz CT molecular complexity index is 452. The first-order valence-electron chi connectivity index (χ1n) is 4.96. The number of hydrogen-bond donors (Lipinski definition) is 1. The SMILES string of the molecule is CC(=O)CC(C)=O.[Ir].c1ccc2[nH]cnc2c1. The third-order valence-corrected chi connectivity index (χ3v) is 1.83. The van der Waals surface area contributed by atoms with E-state index in [1.807, 2.05) is 24.3 Å². The zero-order valence-electron chi connectivity index (χ0n) is 9.69. The number of imidazole rings is 1. The molecule has 1 aromatic carbocycles. The maximum absolute atomic E-state index is 10.0. The van der Waals surface area contributed by atoms with Crippen LogP contribution in [0, 0.1) is 0 Å². The standard InChI is InChI=1S/C7H6N2.C5H8O2.Ir/c1-2-4-7-6(3-1)8-5-9-7;1-4(6)3-5(2)7;/h1-5H,(H,8,9);3H2,1-2H3;. The second-order valence-corrected chi connectivity index (χ2v) is 3.50. The number of aromatic amines is 1. The number of carbonyl (C=O) groups is 2. The van der Waals surface area contributed by atoms with Crippen molar-refractivity contribution in [2.24, 2.45) is 0 Å². The van der Waals surface area contributed by atoms with Crippen LogP contribution in [-0.2, 0) is 29.7 Å². The molecule has 1 N–H and O–H groups in total. The van der Waals surface area contributed by atoms with Crippen LogP contribution >= 0.6 is 0 Å². The van der Waals surface area contributed by atoms with Gasteiger partial charge in [-0.3, -0.25) is 9.59 Å². The van der Waals surface area contributed by atoms with Gasteiger partial charge in [-0.1, -0.05) is 12.1 Å². The minimum Gasteiger partial charge on any atom is -0.345 e. The van der Waals surface area contributed by atoms with Crippen molar-refractivity contribution in [2.75, 3.05) is 0 Å². The van der Waals surface area contributed by atoms with Gasteiger partial charge in [-0.2, -0.15) is 0 Å². The summed E-state index contributed by atoms with van der Waals surface area (Å²) in [6.45, 7) is 2.81. The topological polar surface area (TPSA) is 62.8 Å². The van der Waals surface area contributed by atoms with E-state index in [0.29, 0.717) is 0 Å². The Morgan fingerprint density at radius 3 is 2.24 bits per heavy atom. The molecule has 0 fully saturated rings. The first kappa shape index (κ1) is 15.7. The van der Waals surface area contributed by atoms with Gasteiger partial charge in [0.1, 0.15) is 11.6 Å². The van der Waals surface area contributed by atoms with Gasteiger partial charge in [-0.05, 0) is 26.0 Å². The van der Waals surface area contributed by atoms with Gasteiger partial charge >= 0.3 is 0 Å². The molecular formula is C12H14IrN2O2. The minimum absolute atomic E-state index is 0. The van der Waals surface area contributed by atoms with Gasteiger partial charge in [0.15, 0.2) is 0 Å². The van der Waals surface area contributed by atoms with E-state index in [9.17, 15) is 9.59 Å². The van der Waals surface area contributed by atoms with Crippen molar-refractivity contribution in [2.45, 2.75) is 20.3 Å². The number of carbonyl (C=O) groups excluding carboxylic acids is 2. The molecule has 4 nitrogen and oxygen atoms in total. The summed E-state index contributed by atoms with van der Waals surface area (Å²) in [5.41, 5.74) is 2.12. The van der Waals surface area contributed by atoms with Crippen molar-refractivity contribution >= 4 is 22.6 Å². The number of H-pyrrole nitrogens is 1. The molecule has 0 aliphatic carbocycles. The number of fused-ring (bicyclic) bond motifs is 1. The monoisotopic (exact) mass is 411 g/mol. The van der Waals surface area contributed by atoms with E-state index in [1.54, 1.807) is 6.33 Å². The van der Waals surface area contributed by atoms with Crippen molar-refractivity contribution in [1.29, 1.82) is 0 Å². The van der Waals surface area contributed by atoms with Crippen LogP contribution in [0.25, 0.3) is 11.0 Å². The number of nitrogens with zero attached hydrogens (tertiary/aromatic N) is 1. The Morgan fingerprint density at radius 2 is 1.76 bits per heavy atom. The molecular weight excluding hydrogens is 396 g/mol. The molecule has 17 heavy (non-hydrogen) atoms. The van der Waals surface area contributed by atoms with E-state index < -0.39 is 0 Å². The molecule has 0 atom stereocenters. The Balaban J connectivity index is 0.000000296. The maximum atomic E-state index is 10.0. The number of hydrogen-bond acceptors (Lipinski definition) is 3. The molecule has 0 spiro atoms. The molecule has 0 saturated carbocycles. The largest absolute Gasteiger partial charge is 0.345 e. The maximum Gasteiger partial charge on any atom is 0.137 e. The van der Waals surface area contributed by atoms with Crippen molar-refractivity contribution in [3.63, 3.8) is 0 Å². The summed E-state index contributed by atoms with van der Waals surface area (Å²) in [6, 6.07) is 7.94. The Hall–Kier alpha value is -1.32. The van der Waals surface area contributed by atoms with Crippen molar-refractivity contribution in [3.8, 4) is 0 Å². The first-order valence-corrected chi connectivity index (χ1v) is 4.96. The zero-order valence-corrected chi connectivity index (χ0v) is 12.1.